The van der Waals surface area contributed by atoms with Gasteiger partial charge in [-0.15, -0.1) is 0 Å². The third-order valence-electron chi connectivity index (χ3n) is 7.74. The standard InChI is InChI=1S/C26H31FN8O/c1-34-21-4-7-29-25(36)19(21)11-22(34)24-20(27)15-31-26(33-24)32-23-3-2-18(14-30-23)35-8-5-16(6-9-35)10-17-12-28-13-17/h2-3,11,14-17,28H,4-10,12-13H2,1H3,(H,29,36)(H,30,31,32,33). The summed E-state index contributed by atoms with van der Waals surface area (Å²) in [4.78, 5) is 27.7. The van der Waals surface area contributed by atoms with Crippen molar-refractivity contribution in [1.82, 2.24) is 30.2 Å². The number of carbonyl (C=O) groups excluding carboxylic acids is 1. The van der Waals surface area contributed by atoms with Gasteiger partial charge in [0.15, 0.2) is 5.82 Å². The van der Waals surface area contributed by atoms with Crippen molar-refractivity contribution in [3.63, 3.8) is 0 Å². The molecule has 3 aliphatic rings. The van der Waals surface area contributed by atoms with Crippen LogP contribution in [0.5, 0.6) is 0 Å². The normalized spacial score (nSPS) is 18.5. The number of halogens is 1. The zero-order valence-corrected chi connectivity index (χ0v) is 20.4. The monoisotopic (exact) mass is 490 g/mol. The van der Waals surface area contributed by atoms with Crippen LogP contribution in [-0.4, -0.2) is 58.1 Å². The van der Waals surface area contributed by atoms with Gasteiger partial charge in [0, 0.05) is 38.8 Å². The third kappa shape index (κ3) is 4.41. The van der Waals surface area contributed by atoms with Crippen LogP contribution in [0, 0.1) is 17.7 Å². The highest BCUT2D eigenvalue weighted by Crippen LogP contribution is 2.30. The Balaban J connectivity index is 1.13. The van der Waals surface area contributed by atoms with E-state index >= 15 is 0 Å². The molecular formula is C26H31FN8O. The van der Waals surface area contributed by atoms with Gasteiger partial charge in [0.2, 0.25) is 5.95 Å². The van der Waals surface area contributed by atoms with Gasteiger partial charge >= 0.3 is 0 Å². The zero-order chi connectivity index (χ0) is 24.6. The van der Waals surface area contributed by atoms with Crippen molar-refractivity contribution < 1.29 is 9.18 Å². The molecule has 3 N–H and O–H groups in total. The first-order valence-electron chi connectivity index (χ1n) is 12.7. The summed E-state index contributed by atoms with van der Waals surface area (Å²) >= 11 is 0. The van der Waals surface area contributed by atoms with Gasteiger partial charge in [0.05, 0.1) is 29.3 Å². The first-order chi connectivity index (χ1) is 17.5. The summed E-state index contributed by atoms with van der Waals surface area (Å²) in [6, 6.07) is 5.65. The Morgan fingerprint density at radius 1 is 1.14 bits per heavy atom. The fourth-order valence-corrected chi connectivity index (χ4v) is 5.54. The summed E-state index contributed by atoms with van der Waals surface area (Å²) in [7, 11) is 1.83. The number of amides is 1. The Hall–Kier alpha value is -3.53. The highest BCUT2D eigenvalue weighted by Gasteiger charge is 2.26. The lowest BCUT2D eigenvalue weighted by atomic mass is 9.84. The molecule has 10 heteroatoms. The number of aromatic nitrogens is 4. The van der Waals surface area contributed by atoms with Crippen LogP contribution in [0.2, 0.25) is 0 Å². The van der Waals surface area contributed by atoms with Gasteiger partial charge in [0.25, 0.3) is 5.91 Å². The summed E-state index contributed by atoms with van der Waals surface area (Å²) < 4.78 is 16.6. The molecule has 1 amide bonds. The number of piperidine rings is 1. The number of fused-ring (bicyclic) bond motifs is 1. The van der Waals surface area contributed by atoms with E-state index in [2.05, 4.69) is 41.9 Å². The average Bonchev–Trinajstić information content (AvgIpc) is 3.21. The van der Waals surface area contributed by atoms with Crippen LogP contribution in [0.4, 0.5) is 21.8 Å². The van der Waals surface area contributed by atoms with Gasteiger partial charge in [0.1, 0.15) is 11.5 Å². The molecular weight excluding hydrogens is 459 g/mol. The van der Waals surface area contributed by atoms with Crippen molar-refractivity contribution in [3.05, 3.63) is 47.7 Å². The molecule has 0 bridgehead atoms. The SMILES string of the molecule is Cn1c(-c2nc(Nc3ccc(N4CCC(CC5CNC5)CC4)cn3)ncc2F)cc2c1CCNC2=O. The minimum atomic E-state index is -0.542. The van der Waals surface area contributed by atoms with Crippen molar-refractivity contribution in [2.24, 2.45) is 18.9 Å². The summed E-state index contributed by atoms with van der Waals surface area (Å²) in [5.74, 6) is 1.86. The minimum absolute atomic E-state index is 0.143. The first-order valence-corrected chi connectivity index (χ1v) is 12.7. The predicted octanol–water partition coefficient (Wildman–Crippen LogP) is 2.87. The molecule has 2 saturated heterocycles. The summed E-state index contributed by atoms with van der Waals surface area (Å²) in [5.41, 5.74) is 3.24. The Bertz CT molecular complexity index is 1260. The van der Waals surface area contributed by atoms with E-state index in [1.54, 1.807) is 6.07 Å². The molecule has 0 aromatic carbocycles. The van der Waals surface area contributed by atoms with Gasteiger partial charge in [-0.2, -0.15) is 0 Å². The molecule has 2 fully saturated rings. The van der Waals surface area contributed by atoms with Crippen LogP contribution in [0.1, 0.15) is 35.3 Å². The summed E-state index contributed by atoms with van der Waals surface area (Å²) in [6.07, 6.45) is 7.52. The van der Waals surface area contributed by atoms with Crippen LogP contribution in [0.25, 0.3) is 11.4 Å². The molecule has 3 aromatic rings. The molecule has 0 radical (unpaired) electrons. The number of carbonyl (C=O) groups is 1. The Morgan fingerprint density at radius 3 is 2.67 bits per heavy atom. The largest absolute Gasteiger partial charge is 0.370 e. The van der Waals surface area contributed by atoms with Crippen LogP contribution in [0.15, 0.2) is 30.6 Å². The van der Waals surface area contributed by atoms with Crippen molar-refractivity contribution in [2.75, 3.05) is 42.9 Å². The number of anilines is 3. The summed E-state index contributed by atoms with van der Waals surface area (Å²) in [5, 5.41) is 9.28. The maximum Gasteiger partial charge on any atom is 0.253 e. The second kappa shape index (κ2) is 9.50. The molecule has 0 spiro atoms. The van der Waals surface area contributed by atoms with Crippen molar-refractivity contribution >= 4 is 23.4 Å². The van der Waals surface area contributed by atoms with E-state index < -0.39 is 5.82 Å². The first kappa shape index (κ1) is 22.9. The highest BCUT2D eigenvalue weighted by atomic mass is 19.1. The van der Waals surface area contributed by atoms with Crippen LogP contribution < -0.4 is 20.9 Å². The summed E-state index contributed by atoms with van der Waals surface area (Å²) in [6.45, 7) is 5.05. The Kier molecular flexibility index (Phi) is 6.04. The lowest BCUT2D eigenvalue weighted by Crippen LogP contribution is -2.44. The number of pyridine rings is 1. The molecule has 9 nitrogen and oxygen atoms in total. The molecule has 0 atom stereocenters. The van der Waals surface area contributed by atoms with Gasteiger partial charge in [-0.05, 0) is 62.4 Å². The van der Waals surface area contributed by atoms with Gasteiger partial charge in [-0.25, -0.2) is 19.3 Å². The molecule has 0 aliphatic carbocycles. The van der Waals surface area contributed by atoms with E-state index in [1.165, 1.54) is 32.4 Å². The maximum atomic E-state index is 14.7. The molecule has 6 rings (SSSR count). The van der Waals surface area contributed by atoms with E-state index in [0.29, 0.717) is 30.0 Å². The third-order valence-corrected chi connectivity index (χ3v) is 7.74. The minimum Gasteiger partial charge on any atom is -0.370 e. The molecule has 3 aliphatic heterocycles. The van der Waals surface area contributed by atoms with Crippen molar-refractivity contribution in [3.8, 4) is 11.4 Å². The Morgan fingerprint density at radius 2 is 1.97 bits per heavy atom. The Labute approximate surface area is 209 Å². The fourth-order valence-electron chi connectivity index (χ4n) is 5.54. The second-order valence-corrected chi connectivity index (χ2v) is 10.1. The van der Waals surface area contributed by atoms with Crippen LogP contribution >= 0.6 is 0 Å². The topological polar surface area (TPSA) is 100 Å². The lowest BCUT2D eigenvalue weighted by Gasteiger charge is -2.37. The average molecular weight is 491 g/mol. The predicted molar refractivity (Wildman–Crippen MR) is 136 cm³/mol. The highest BCUT2D eigenvalue weighted by molar-refractivity contribution is 5.97. The molecule has 188 valence electrons. The zero-order valence-electron chi connectivity index (χ0n) is 20.4. The number of nitrogens with one attached hydrogen (secondary N) is 3. The molecule has 0 unspecified atom stereocenters. The van der Waals surface area contributed by atoms with E-state index in [4.69, 9.17) is 0 Å². The van der Waals surface area contributed by atoms with Crippen molar-refractivity contribution in [2.45, 2.75) is 25.7 Å². The van der Waals surface area contributed by atoms with Crippen LogP contribution in [0.3, 0.4) is 0 Å². The second-order valence-electron chi connectivity index (χ2n) is 10.1. The van der Waals surface area contributed by atoms with Crippen molar-refractivity contribution in [1.29, 1.82) is 0 Å². The molecule has 6 heterocycles. The number of rotatable bonds is 6. The molecule has 36 heavy (non-hydrogen) atoms. The van der Waals surface area contributed by atoms with E-state index in [9.17, 15) is 9.18 Å². The lowest BCUT2D eigenvalue weighted by molar-refractivity contribution is 0.0945. The van der Waals surface area contributed by atoms with E-state index in [-0.39, 0.29) is 17.5 Å². The van der Waals surface area contributed by atoms with Crippen LogP contribution in [-0.2, 0) is 13.5 Å². The number of nitrogens with zero attached hydrogens (tertiary/aromatic N) is 5. The quantitative estimate of drug-likeness (QED) is 0.489. The molecule has 3 aromatic heterocycles. The van der Waals surface area contributed by atoms with E-state index in [0.717, 1.165) is 42.5 Å². The maximum absolute atomic E-state index is 14.7. The van der Waals surface area contributed by atoms with E-state index in [1.807, 2.05) is 23.9 Å². The van der Waals surface area contributed by atoms with Gasteiger partial charge < -0.3 is 25.4 Å². The smallest absolute Gasteiger partial charge is 0.253 e. The van der Waals surface area contributed by atoms with Gasteiger partial charge in [-0.1, -0.05) is 0 Å². The fraction of sp³-hybridized carbons (Fsp3) is 0.462. The molecule has 0 saturated carbocycles. The number of hydrogen-bond acceptors (Lipinski definition) is 7. The number of hydrogen-bond donors (Lipinski definition) is 3. The van der Waals surface area contributed by atoms with Gasteiger partial charge in [-0.3, -0.25) is 4.79 Å².